The Labute approximate surface area is 191 Å². The third kappa shape index (κ3) is 6.84. The van der Waals surface area contributed by atoms with Gasteiger partial charge in [0.25, 0.3) is 0 Å². The van der Waals surface area contributed by atoms with E-state index in [9.17, 15) is 13.2 Å². The molecular weight excluding hydrogens is 409 g/mol. The van der Waals surface area contributed by atoms with Gasteiger partial charge in [0, 0.05) is 19.5 Å². The van der Waals surface area contributed by atoms with Gasteiger partial charge in [0.05, 0.1) is 11.5 Å². The quantitative estimate of drug-likeness (QED) is 0.391. The number of aryl methyl sites for hydroxylation is 1. The summed E-state index contributed by atoms with van der Waals surface area (Å²) < 4.78 is 39.9. The molecule has 0 heterocycles. The van der Waals surface area contributed by atoms with Crippen LogP contribution in [0, 0.1) is 11.3 Å². The Balaban J connectivity index is 0.00000114. The van der Waals surface area contributed by atoms with E-state index in [1.165, 1.54) is 12.5 Å². The second-order valence-electron chi connectivity index (χ2n) is 8.47. The molecule has 0 bridgehead atoms. The smallest absolute Gasteiger partial charge is 0.300 e. The number of rotatable bonds is 10. The lowest BCUT2D eigenvalue weighted by molar-refractivity contribution is -0.160. The average Bonchev–Trinajstić information content (AvgIpc) is 3.60. The molecule has 5 heteroatoms. The zero-order valence-corrected chi connectivity index (χ0v) is 19.5. The van der Waals surface area contributed by atoms with Crippen LogP contribution in [0.3, 0.4) is 0 Å². The van der Waals surface area contributed by atoms with E-state index >= 15 is 0 Å². The van der Waals surface area contributed by atoms with Crippen molar-refractivity contribution < 1.29 is 13.2 Å². The van der Waals surface area contributed by atoms with E-state index in [4.69, 9.17) is 5.26 Å². The molecule has 3 rings (SSSR count). The fraction of sp³-hybridized carbons (Fsp3) is 0.519. The number of nitrogens with zero attached hydrogens (tertiary/aromatic N) is 2. The second-order valence-corrected chi connectivity index (χ2v) is 8.47. The number of hydrogen-bond donors (Lipinski definition) is 0. The van der Waals surface area contributed by atoms with Crippen LogP contribution in [0.5, 0.6) is 0 Å². The van der Waals surface area contributed by atoms with Gasteiger partial charge in [-0.2, -0.15) is 18.4 Å². The monoisotopic (exact) mass is 444 g/mol. The van der Waals surface area contributed by atoms with Crippen LogP contribution in [0.15, 0.2) is 54.6 Å². The first kappa shape index (κ1) is 25.9. The van der Waals surface area contributed by atoms with Crippen molar-refractivity contribution in [2.75, 3.05) is 13.1 Å². The van der Waals surface area contributed by atoms with Crippen LogP contribution in [0.1, 0.15) is 63.1 Å². The van der Waals surface area contributed by atoms with Crippen LogP contribution >= 0.6 is 0 Å². The van der Waals surface area contributed by atoms with Crippen molar-refractivity contribution in [3.8, 4) is 6.07 Å². The Bertz CT molecular complexity index is 834. The summed E-state index contributed by atoms with van der Waals surface area (Å²) in [5.41, 5.74) is 1.34. The van der Waals surface area contributed by atoms with Gasteiger partial charge in [-0.25, -0.2) is 0 Å². The molecular formula is C27H35F3N2. The molecule has 1 aliphatic rings. The summed E-state index contributed by atoms with van der Waals surface area (Å²) in [6.07, 6.45) is 0.364. The van der Waals surface area contributed by atoms with Crippen molar-refractivity contribution in [2.24, 2.45) is 0 Å². The topological polar surface area (TPSA) is 27.0 Å². The summed E-state index contributed by atoms with van der Waals surface area (Å²) in [6, 6.07) is 20.0. The first-order chi connectivity index (χ1) is 15.3. The maximum Gasteiger partial charge on any atom is 0.398 e. The molecule has 0 aliphatic heterocycles. The van der Waals surface area contributed by atoms with Gasteiger partial charge in [0.1, 0.15) is 0 Å². The van der Waals surface area contributed by atoms with Gasteiger partial charge >= 0.3 is 6.18 Å². The molecule has 1 unspecified atom stereocenters. The minimum atomic E-state index is -4.14. The Morgan fingerprint density at radius 2 is 1.53 bits per heavy atom. The summed E-state index contributed by atoms with van der Waals surface area (Å²) in [7, 11) is 0. The van der Waals surface area contributed by atoms with Crippen LogP contribution in [0.25, 0.3) is 0 Å². The second kappa shape index (κ2) is 12.1. The molecule has 1 aliphatic carbocycles. The lowest BCUT2D eigenvalue weighted by Crippen LogP contribution is -2.36. The molecule has 1 fully saturated rings. The molecule has 0 N–H and O–H groups in total. The molecule has 0 aromatic heterocycles. The van der Waals surface area contributed by atoms with Gasteiger partial charge in [-0.15, -0.1) is 0 Å². The molecule has 2 nitrogen and oxygen atoms in total. The third-order valence-corrected chi connectivity index (χ3v) is 6.49. The Morgan fingerprint density at radius 1 is 0.969 bits per heavy atom. The molecule has 2 aromatic carbocycles. The maximum absolute atomic E-state index is 13.3. The van der Waals surface area contributed by atoms with Crippen molar-refractivity contribution >= 4 is 0 Å². The zero-order valence-electron chi connectivity index (χ0n) is 19.5. The molecule has 0 saturated heterocycles. The van der Waals surface area contributed by atoms with E-state index in [-0.39, 0.29) is 12.8 Å². The predicted molar refractivity (Wildman–Crippen MR) is 124 cm³/mol. The van der Waals surface area contributed by atoms with Crippen LogP contribution in [-0.2, 0) is 18.3 Å². The lowest BCUT2D eigenvalue weighted by Gasteiger charge is -2.30. The fourth-order valence-corrected chi connectivity index (χ4v) is 4.35. The van der Waals surface area contributed by atoms with E-state index < -0.39 is 11.6 Å². The van der Waals surface area contributed by atoms with Crippen molar-refractivity contribution in [3.05, 3.63) is 71.3 Å². The number of hydrogen-bond acceptors (Lipinski definition) is 2. The van der Waals surface area contributed by atoms with E-state index in [1.807, 2.05) is 18.2 Å². The normalized spacial score (nSPS) is 15.4. The van der Waals surface area contributed by atoms with Crippen LogP contribution in [0.4, 0.5) is 13.2 Å². The van der Waals surface area contributed by atoms with Gasteiger partial charge in [-0.05, 0) is 61.8 Å². The number of nitriles is 1. The summed E-state index contributed by atoms with van der Waals surface area (Å²) >= 11 is 0. The number of benzene rings is 2. The van der Waals surface area contributed by atoms with Crippen LogP contribution in [-0.4, -0.2) is 30.2 Å². The molecule has 0 amide bonds. The van der Waals surface area contributed by atoms with Crippen LogP contribution < -0.4 is 0 Å². The van der Waals surface area contributed by atoms with Gasteiger partial charge < -0.3 is 4.90 Å². The Kier molecular flexibility index (Phi) is 9.78. The van der Waals surface area contributed by atoms with E-state index in [0.29, 0.717) is 11.6 Å². The van der Waals surface area contributed by atoms with E-state index in [0.717, 1.165) is 44.3 Å². The largest absolute Gasteiger partial charge is 0.398 e. The maximum atomic E-state index is 13.3. The highest BCUT2D eigenvalue weighted by molar-refractivity contribution is 5.35. The minimum Gasteiger partial charge on any atom is -0.300 e. The highest BCUT2D eigenvalue weighted by atomic mass is 19.4. The summed E-state index contributed by atoms with van der Waals surface area (Å²) in [6.45, 7) is 7.90. The third-order valence-electron chi connectivity index (χ3n) is 6.49. The Morgan fingerprint density at radius 3 is 2.00 bits per heavy atom. The van der Waals surface area contributed by atoms with Crippen LogP contribution in [0.2, 0.25) is 0 Å². The van der Waals surface area contributed by atoms with Gasteiger partial charge in [-0.1, -0.05) is 68.4 Å². The molecule has 174 valence electrons. The molecule has 0 radical (unpaired) electrons. The summed E-state index contributed by atoms with van der Waals surface area (Å²) in [5, 5.41) is 7.32. The zero-order chi connectivity index (χ0) is 23.6. The van der Waals surface area contributed by atoms with Gasteiger partial charge in [0.2, 0.25) is 0 Å². The number of likely N-dealkylation sites (N-methyl/N-ethyl adjacent to an activating group) is 1. The first-order valence-electron chi connectivity index (χ1n) is 11.6. The van der Waals surface area contributed by atoms with E-state index in [1.54, 1.807) is 18.2 Å². The average molecular weight is 445 g/mol. The Hall–Kier alpha value is -2.32. The standard InChI is InChI=1S/C25H32F3N.C2H3N/c1-3-23(29(4-2)19-16-20-8-6-5-7-9-20)15-12-21-10-13-22(14-11-21)24(17-18-24)25(26,27)28;1-2-3/h5-11,13-14,23H,3-4,12,15-19H2,1-2H3;1H3. The summed E-state index contributed by atoms with van der Waals surface area (Å²) in [4.78, 5) is 2.53. The van der Waals surface area contributed by atoms with Crippen molar-refractivity contribution in [1.29, 1.82) is 5.26 Å². The fourth-order valence-electron chi connectivity index (χ4n) is 4.35. The molecule has 2 aromatic rings. The summed E-state index contributed by atoms with van der Waals surface area (Å²) in [5.74, 6) is 0. The molecule has 1 saturated carbocycles. The van der Waals surface area contributed by atoms with Crippen molar-refractivity contribution in [2.45, 2.75) is 76.9 Å². The van der Waals surface area contributed by atoms with Gasteiger partial charge in [-0.3, -0.25) is 0 Å². The van der Waals surface area contributed by atoms with E-state index in [2.05, 4.69) is 43.0 Å². The molecule has 0 spiro atoms. The van der Waals surface area contributed by atoms with Crippen molar-refractivity contribution in [3.63, 3.8) is 0 Å². The first-order valence-corrected chi connectivity index (χ1v) is 11.6. The highest BCUT2D eigenvalue weighted by Gasteiger charge is 2.64. The minimum absolute atomic E-state index is 0.223. The van der Waals surface area contributed by atoms with Gasteiger partial charge in [0.15, 0.2) is 0 Å². The predicted octanol–water partition coefficient (Wildman–Crippen LogP) is 7.09. The molecule has 1 atom stereocenters. The number of alkyl halides is 3. The van der Waals surface area contributed by atoms with Crippen molar-refractivity contribution in [1.82, 2.24) is 4.90 Å². The lowest BCUT2D eigenvalue weighted by atomic mass is 9.93. The highest BCUT2D eigenvalue weighted by Crippen LogP contribution is 2.58. The molecule has 32 heavy (non-hydrogen) atoms. The number of halogens is 3. The SMILES string of the molecule is CC#N.CCC(CCc1ccc(C2(C(F)(F)F)CC2)cc1)N(CC)CCc1ccccc1.